The van der Waals surface area contributed by atoms with E-state index in [2.05, 4.69) is 16.6 Å². The van der Waals surface area contributed by atoms with Crippen LogP contribution in [0.2, 0.25) is 5.02 Å². The number of nitrogens with one attached hydrogen (secondary N) is 1. The number of halogens is 1. The summed E-state index contributed by atoms with van der Waals surface area (Å²) >= 11 is 6.30. The minimum absolute atomic E-state index is 0.0450. The van der Waals surface area contributed by atoms with Crippen LogP contribution in [0.5, 0.6) is 5.75 Å². The highest BCUT2D eigenvalue weighted by Crippen LogP contribution is 2.32. The highest BCUT2D eigenvalue weighted by Gasteiger charge is 2.28. The van der Waals surface area contributed by atoms with E-state index in [4.69, 9.17) is 16.3 Å². The Morgan fingerprint density at radius 2 is 1.55 bits per heavy atom. The van der Waals surface area contributed by atoms with Crippen molar-refractivity contribution in [3.8, 4) is 5.75 Å². The number of rotatable bonds is 8. The Morgan fingerprint density at radius 3 is 2.15 bits per heavy atom. The molecule has 0 aromatic heterocycles. The maximum atomic E-state index is 13.7. The van der Waals surface area contributed by atoms with Gasteiger partial charge in [-0.1, -0.05) is 77.8 Å². The molecule has 40 heavy (non-hydrogen) atoms. The standard InChI is InChI=1S/C31H26ClN3O4S/c1-21-11-14-25(15-12-21)40(37,38)35(24-13-16-30(39-2)29(32)18-24)20-31(36)34-33-19-28-26-9-5-3-7-22(26)17-23-8-4-6-10-27(23)28/h3-19H,20H2,1-2H3,(H,34,36)/b33-19-. The highest BCUT2D eigenvalue weighted by molar-refractivity contribution is 7.92. The van der Waals surface area contributed by atoms with Crippen LogP contribution in [0.4, 0.5) is 5.69 Å². The molecule has 0 bridgehead atoms. The van der Waals surface area contributed by atoms with Crippen LogP contribution in [0, 0.1) is 6.92 Å². The van der Waals surface area contributed by atoms with Gasteiger partial charge >= 0.3 is 0 Å². The predicted molar refractivity (Wildman–Crippen MR) is 161 cm³/mol. The number of fused-ring (bicyclic) bond motifs is 2. The summed E-state index contributed by atoms with van der Waals surface area (Å²) in [6.45, 7) is 1.34. The van der Waals surface area contributed by atoms with Gasteiger partial charge in [-0.05, 0) is 64.9 Å². The molecule has 1 amide bonds. The van der Waals surface area contributed by atoms with Gasteiger partial charge < -0.3 is 4.74 Å². The summed E-state index contributed by atoms with van der Waals surface area (Å²) in [5, 5.41) is 8.47. The third-order valence-electron chi connectivity index (χ3n) is 6.52. The van der Waals surface area contributed by atoms with Crippen LogP contribution in [0.3, 0.4) is 0 Å². The monoisotopic (exact) mass is 571 g/mol. The Kier molecular flexibility index (Phi) is 7.73. The third-order valence-corrected chi connectivity index (χ3v) is 8.60. The zero-order valence-corrected chi connectivity index (χ0v) is 23.4. The molecule has 5 rings (SSSR count). The normalized spacial score (nSPS) is 11.7. The fourth-order valence-electron chi connectivity index (χ4n) is 4.49. The van der Waals surface area contributed by atoms with Crippen molar-refractivity contribution in [1.29, 1.82) is 0 Å². The van der Waals surface area contributed by atoms with Crippen LogP contribution in [0.15, 0.2) is 107 Å². The summed E-state index contributed by atoms with van der Waals surface area (Å²) in [6, 6.07) is 28.9. The van der Waals surface area contributed by atoms with Crippen molar-refractivity contribution in [3.05, 3.63) is 113 Å². The van der Waals surface area contributed by atoms with E-state index >= 15 is 0 Å². The Labute approximate surface area is 237 Å². The summed E-state index contributed by atoms with van der Waals surface area (Å²) in [6.07, 6.45) is 1.59. The zero-order chi connectivity index (χ0) is 28.3. The number of hydrogen-bond donors (Lipinski definition) is 1. The van der Waals surface area contributed by atoms with Crippen LogP contribution in [0.1, 0.15) is 11.1 Å². The van der Waals surface area contributed by atoms with Crippen LogP contribution in [-0.4, -0.2) is 34.2 Å². The Morgan fingerprint density at radius 1 is 0.925 bits per heavy atom. The minimum Gasteiger partial charge on any atom is -0.495 e. The van der Waals surface area contributed by atoms with Gasteiger partial charge in [-0.2, -0.15) is 5.10 Å². The van der Waals surface area contributed by atoms with Crippen LogP contribution >= 0.6 is 11.6 Å². The molecule has 0 aliphatic rings. The second-order valence-electron chi connectivity index (χ2n) is 9.17. The first kappa shape index (κ1) is 27.2. The number of hydrogen-bond acceptors (Lipinski definition) is 5. The van der Waals surface area contributed by atoms with E-state index in [0.717, 1.165) is 37.0 Å². The highest BCUT2D eigenvalue weighted by atomic mass is 35.5. The van der Waals surface area contributed by atoms with Crippen molar-refractivity contribution in [2.24, 2.45) is 5.10 Å². The molecule has 0 spiro atoms. The summed E-state index contributed by atoms with van der Waals surface area (Å²) in [4.78, 5) is 13.1. The number of benzene rings is 5. The van der Waals surface area contributed by atoms with E-state index in [1.807, 2.05) is 55.5 Å². The number of methoxy groups -OCH3 is 1. The molecule has 0 fully saturated rings. The number of amides is 1. The van der Waals surface area contributed by atoms with E-state index in [-0.39, 0.29) is 15.6 Å². The topological polar surface area (TPSA) is 88.1 Å². The fourth-order valence-corrected chi connectivity index (χ4v) is 6.15. The molecule has 5 aromatic carbocycles. The maximum absolute atomic E-state index is 13.7. The molecule has 0 heterocycles. The Bertz CT molecular complexity index is 1800. The quantitative estimate of drug-likeness (QED) is 0.134. The Balaban J connectivity index is 1.46. The van der Waals surface area contributed by atoms with E-state index in [1.54, 1.807) is 24.4 Å². The van der Waals surface area contributed by atoms with E-state index in [9.17, 15) is 13.2 Å². The summed E-state index contributed by atoms with van der Waals surface area (Å²) in [7, 11) is -2.65. The van der Waals surface area contributed by atoms with Gasteiger partial charge in [0.2, 0.25) is 0 Å². The second kappa shape index (κ2) is 11.4. The molecule has 5 aromatic rings. The van der Waals surface area contributed by atoms with Gasteiger partial charge in [0.25, 0.3) is 15.9 Å². The zero-order valence-electron chi connectivity index (χ0n) is 21.8. The predicted octanol–water partition coefficient (Wildman–Crippen LogP) is 6.31. The van der Waals surface area contributed by atoms with Crippen molar-refractivity contribution in [2.45, 2.75) is 11.8 Å². The molecule has 202 valence electrons. The number of ether oxygens (including phenoxy) is 1. The van der Waals surface area contributed by atoms with Crippen LogP contribution in [-0.2, 0) is 14.8 Å². The van der Waals surface area contributed by atoms with E-state index < -0.39 is 22.5 Å². The molecular formula is C31H26ClN3O4S. The number of hydrazone groups is 1. The minimum atomic E-state index is -4.12. The molecule has 0 saturated carbocycles. The van der Waals surface area contributed by atoms with E-state index in [1.165, 1.54) is 31.4 Å². The fraction of sp³-hybridized carbons (Fsp3) is 0.0968. The number of nitrogens with zero attached hydrogens (tertiary/aromatic N) is 2. The summed E-state index contributed by atoms with van der Waals surface area (Å²) in [5.74, 6) is -0.238. The SMILES string of the molecule is COc1ccc(N(CC(=O)N/N=C\c2c3ccccc3cc3ccccc23)S(=O)(=O)c2ccc(C)cc2)cc1Cl. The van der Waals surface area contributed by atoms with Gasteiger partial charge in [0.15, 0.2) is 0 Å². The van der Waals surface area contributed by atoms with Gasteiger partial charge in [-0.25, -0.2) is 13.8 Å². The lowest BCUT2D eigenvalue weighted by Crippen LogP contribution is -2.39. The number of aryl methyl sites for hydroxylation is 1. The van der Waals surface area contributed by atoms with E-state index in [0.29, 0.717) is 5.75 Å². The summed E-state index contributed by atoms with van der Waals surface area (Å²) < 4.78 is 33.5. The number of carbonyl (C=O) groups excluding carboxylic acids is 1. The molecule has 1 N–H and O–H groups in total. The van der Waals surface area contributed by atoms with Crippen molar-refractivity contribution in [1.82, 2.24) is 5.43 Å². The molecule has 0 atom stereocenters. The molecule has 0 radical (unpaired) electrons. The van der Waals surface area contributed by atoms with Crippen molar-refractivity contribution in [3.63, 3.8) is 0 Å². The number of sulfonamides is 1. The smallest absolute Gasteiger partial charge is 0.264 e. The summed E-state index contributed by atoms with van der Waals surface area (Å²) in [5.41, 5.74) is 4.47. The molecule has 7 nitrogen and oxygen atoms in total. The van der Waals surface area contributed by atoms with Gasteiger partial charge in [0.1, 0.15) is 12.3 Å². The Hall–Kier alpha value is -4.40. The van der Waals surface area contributed by atoms with Crippen molar-refractivity contribution in [2.75, 3.05) is 18.0 Å². The number of carbonyl (C=O) groups is 1. The molecule has 0 saturated heterocycles. The first-order valence-electron chi connectivity index (χ1n) is 12.4. The van der Waals surface area contributed by atoms with Crippen LogP contribution < -0.4 is 14.5 Å². The average molecular weight is 572 g/mol. The first-order chi connectivity index (χ1) is 19.3. The van der Waals surface area contributed by atoms with Gasteiger partial charge in [-0.15, -0.1) is 0 Å². The molecular weight excluding hydrogens is 546 g/mol. The number of anilines is 1. The maximum Gasteiger partial charge on any atom is 0.264 e. The van der Waals surface area contributed by atoms with Crippen molar-refractivity contribution >= 4 is 61.0 Å². The van der Waals surface area contributed by atoms with Gasteiger partial charge in [0.05, 0.1) is 28.9 Å². The van der Waals surface area contributed by atoms with Crippen LogP contribution in [0.25, 0.3) is 21.5 Å². The first-order valence-corrected chi connectivity index (χ1v) is 14.2. The largest absolute Gasteiger partial charge is 0.495 e. The second-order valence-corrected chi connectivity index (χ2v) is 11.4. The molecule has 0 unspecified atom stereocenters. The van der Waals surface area contributed by atoms with Gasteiger partial charge in [-0.3, -0.25) is 9.10 Å². The average Bonchev–Trinajstić information content (AvgIpc) is 2.95. The lowest BCUT2D eigenvalue weighted by molar-refractivity contribution is -0.119. The lowest BCUT2D eigenvalue weighted by atomic mass is 9.97. The molecule has 0 aliphatic heterocycles. The van der Waals surface area contributed by atoms with Gasteiger partial charge in [0, 0.05) is 5.56 Å². The third kappa shape index (κ3) is 5.50. The molecule has 9 heteroatoms. The lowest BCUT2D eigenvalue weighted by Gasteiger charge is -2.24. The van der Waals surface area contributed by atoms with Crippen molar-refractivity contribution < 1.29 is 17.9 Å². The molecule has 0 aliphatic carbocycles.